The van der Waals surface area contributed by atoms with Gasteiger partial charge in [-0.1, -0.05) is 32.4 Å². The Bertz CT molecular complexity index is 839. The molecule has 0 atom stereocenters. The van der Waals surface area contributed by atoms with Gasteiger partial charge in [0.15, 0.2) is 0 Å². The van der Waals surface area contributed by atoms with Crippen molar-refractivity contribution >= 4 is 16.7 Å². The zero-order valence-corrected chi connectivity index (χ0v) is 12.3. The van der Waals surface area contributed by atoms with Crippen LogP contribution >= 0.6 is 0 Å². The van der Waals surface area contributed by atoms with E-state index in [4.69, 9.17) is 0 Å². The van der Waals surface area contributed by atoms with Crippen molar-refractivity contribution in [1.82, 2.24) is 9.38 Å². The number of H-pyrrole nitrogens is 1. The zero-order chi connectivity index (χ0) is 14.3. The van der Waals surface area contributed by atoms with Crippen LogP contribution in [0.25, 0.3) is 16.7 Å². The van der Waals surface area contributed by atoms with Gasteiger partial charge in [0.05, 0.1) is 11.0 Å². The number of hydrogen-bond acceptors (Lipinski definition) is 1. The molecule has 0 aliphatic carbocycles. The quantitative estimate of drug-likeness (QED) is 0.774. The number of fused-ring (bicyclic) bond motifs is 3. The predicted octanol–water partition coefficient (Wildman–Crippen LogP) is 3.60. The number of pyridine rings is 1. The van der Waals surface area contributed by atoms with Crippen LogP contribution in [0.3, 0.4) is 0 Å². The maximum absolute atomic E-state index is 12.8. The van der Waals surface area contributed by atoms with Gasteiger partial charge in [-0.3, -0.25) is 9.20 Å². The Hall–Kier alpha value is -2.03. The van der Waals surface area contributed by atoms with E-state index in [9.17, 15) is 4.79 Å². The van der Waals surface area contributed by atoms with Crippen molar-refractivity contribution in [3.05, 3.63) is 51.3 Å². The SMILES string of the molecule is CCCc1c(CC)c(=O)n2c([nH]c3ccccc32)c1C. The van der Waals surface area contributed by atoms with Gasteiger partial charge in [-0.05, 0) is 43.0 Å². The summed E-state index contributed by atoms with van der Waals surface area (Å²) in [5.41, 5.74) is 6.46. The first-order valence-electron chi connectivity index (χ1n) is 7.32. The molecule has 0 unspecified atom stereocenters. The highest BCUT2D eigenvalue weighted by molar-refractivity contribution is 5.81. The van der Waals surface area contributed by atoms with Crippen molar-refractivity contribution in [3.8, 4) is 0 Å². The molecule has 0 amide bonds. The molecule has 0 fully saturated rings. The van der Waals surface area contributed by atoms with Gasteiger partial charge in [0.1, 0.15) is 5.65 Å². The van der Waals surface area contributed by atoms with Crippen LogP contribution in [0.15, 0.2) is 29.1 Å². The van der Waals surface area contributed by atoms with E-state index >= 15 is 0 Å². The lowest BCUT2D eigenvalue weighted by molar-refractivity contribution is 0.870. The third-order valence-corrected chi connectivity index (χ3v) is 4.11. The molecule has 0 aliphatic rings. The van der Waals surface area contributed by atoms with E-state index in [0.717, 1.165) is 41.5 Å². The minimum atomic E-state index is 0.133. The lowest BCUT2D eigenvalue weighted by Crippen LogP contribution is -2.21. The summed E-state index contributed by atoms with van der Waals surface area (Å²) in [4.78, 5) is 16.2. The number of rotatable bonds is 3. The molecule has 104 valence electrons. The lowest BCUT2D eigenvalue weighted by Gasteiger charge is -2.12. The molecule has 2 heterocycles. The number of nitrogens with one attached hydrogen (secondary N) is 1. The number of imidazole rings is 1. The fraction of sp³-hybridized carbons (Fsp3) is 0.353. The molecule has 1 N–H and O–H groups in total. The summed E-state index contributed by atoms with van der Waals surface area (Å²) in [5, 5.41) is 0. The molecule has 0 saturated heterocycles. The second-order valence-electron chi connectivity index (χ2n) is 5.32. The number of para-hydroxylation sites is 2. The number of aryl methyl sites for hydroxylation is 1. The Balaban J connectivity index is 2.53. The third-order valence-electron chi connectivity index (χ3n) is 4.11. The molecular weight excluding hydrogens is 248 g/mol. The number of aromatic nitrogens is 2. The molecule has 1 aromatic carbocycles. The molecule has 0 aliphatic heterocycles. The van der Waals surface area contributed by atoms with Crippen molar-refractivity contribution in [2.45, 2.75) is 40.0 Å². The molecule has 2 aromatic heterocycles. The van der Waals surface area contributed by atoms with Gasteiger partial charge in [0, 0.05) is 5.56 Å². The van der Waals surface area contributed by atoms with Gasteiger partial charge in [0.25, 0.3) is 5.56 Å². The van der Waals surface area contributed by atoms with Gasteiger partial charge >= 0.3 is 0 Å². The summed E-state index contributed by atoms with van der Waals surface area (Å²) in [5.74, 6) is 0. The minimum Gasteiger partial charge on any atom is -0.339 e. The van der Waals surface area contributed by atoms with Gasteiger partial charge in [-0.15, -0.1) is 0 Å². The molecule has 0 bridgehead atoms. The first kappa shape index (κ1) is 13.0. The van der Waals surface area contributed by atoms with E-state index in [-0.39, 0.29) is 5.56 Å². The summed E-state index contributed by atoms with van der Waals surface area (Å²) >= 11 is 0. The van der Waals surface area contributed by atoms with Crippen LogP contribution < -0.4 is 5.56 Å². The van der Waals surface area contributed by atoms with Gasteiger partial charge in [-0.25, -0.2) is 0 Å². The van der Waals surface area contributed by atoms with Crippen LogP contribution in [0.5, 0.6) is 0 Å². The normalized spacial score (nSPS) is 11.6. The summed E-state index contributed by atoms with van der Waals surface area (Å²) < 4.78 is 1.84. The number of benzene rings is 1. The molecule has 3 rings (SSSR count). The lowest BCUT2D eigenvalue weighted by atomic mass is 9.98. The van der Waals surface area contributed by atoms with Crippen molar-refractivity contribution in [3.63, 3.8) is 0 Å². The number of aromatic amines is 1. The van der Waals surface area contributed by atoms with Crippen molar-refractivity contribution in [2.24, 2.45) is 0 Å². The van der Waals surface area contributed by atoms with Crippen LogP contribution in [-0.4, -0.2) is 9.38 Å². The smallest absolute Gasteiger partial charge is 0.260 e. The summed E-state index contributed by atoms with van der Waals surface area (Å²) in [6.07, 6.45) is 2.82. The first-order valence-corrected chi connectivity index (χ1v) is 7.32. The van der Waals surface area contributed by atoms with E-state index in [1.165, 1.54) is 11.1 Å². The Kier molecular flexibility index (Phi) is 3.13. The van der Waals surface area contributed by atoms with E-state index in [0.29, 0.717) is 0 Å². The van der Waals surface area contributed by atoms with Gasteiger partial charge < -0.3 is 4.98 Å². The molecule has 3 aromatic rings. The molecule has 0 spiro atoms. The van der Waals surface area contributed by atoms with E-state index in [1.54, 1.807) is 0 Å². The van der Waals surface area contributed by atoms with Crippen LogP contribution in [-0.2, 0) is 12.8 Å². The second kappa shape index (κ2) is 4.82. The Morgan fingerprint density at radius 1 is 1.15 bits per heavy atom. The fourth-order valence-corrected chi connectivity index (χ4v) is 3.14. The Morgan fingerprint density at radius 2 is 1.90 bits per heavy atom. The first-order chi connectivity index (χ1) is 9.69. The molecule has 3 heteroatoms. The molecule has 0 saturated carbocycles. The van der Waals surface area contributed by atoms with Crippen LogP contribution in [0.1, 0.15) is 37.0 Å². The predicted molar refractivity (Wildman–Crippen MR) is 83.6 cm³/mol. The number of hydrogen-bond donors (Lipinski definition) is 1. The highest BCUT2D eigenvalue weighted by Gasteiger charge is 2.16. The molecule has 0 radical (unpaired) electrons. The Morgan fingerprint density at radius 3 is 2.60 bits per heavy atom. The van der Waals surface area contributed by atoms with Gasteiger partial charge in [-0.2, -0.15) is 0 Å². The standard InChI is InChI=1S/C17H20N2O/c1-4-8-13-11(3)16-18-14-9-6-7-10-15(14)19(16)17(20)12(13)5-2/h6-7,9-10,18H,4-5,8H2,1-3H3. The minimum absolute atomic E-state index is 0.133. The highest BCUT2D eigenvalue weighted by atomic mass is 16.1. The molecule has 20 heavy (non-hydrogen) atoms. The summed E-state index contributed by atoms with van der Waals surface area (Å²) in [6.45, 7) is 6.34. The summed E-state index contributed by atoms with van der Waals surface area (Å²) in [7, 11) is 0. The number of nitrogens with zero attached hydrogens (tertiary/aromatic N) is 1. The van der Waals surface area contributed by atoms with E-state index in [1.807, 2.05) is 28.7 Å². The van der Waals surface area contributed by atoms with Crippen molar-refractivity contribution in [2.75, 3.05) is 0 Å². The maximum atomic E-state index is 12.8. The topological polar surface area (TPSA) is 37.3 Å². The summed E-state index contributed by atoms with van der Waals surface area (Å²) in [6, 6.07) is 7.99. The van der Waals surface area contributed by atoms with Crippen LogP contribution in [0, 0.1) is 6.92 Å². The second-order valence-corrected chi connectivity index (χ2v) is 5.32. The largest absolute Gasteiger partial charge is 0.339 e. The average molecular weight is 268 g/mol. The molecular formula is C17H20N2O. The highest BCUT2D eigenvalue weighted by Crippen LogP contribution is 2.22. The average Bonchev–Trinajstić information content (AvgIpc) is 2.85. The molecule has 3 nitrogen and oxygen atoms in total. The van der Waals surface area contributed by atoms with Crippen molar-refractivity contribution < 1.29 is 0 Å². The monoisotopic (exact) mass is 268 g/mol. The Labute approximate surface area is 118 Å². The fourth-order valence-electron chi connectivity index (χ4n) is 3.14. The third kappa shape index (κ3) is 1.69. The zero-order valence-electron chi connectivity index (χ0n) is 12.3. The maximum Gasteiger partial charge on any atom is 0.260 e. The van der Waals surface area contributed by atoms with E-state index in [2.05, 4.69) is 25.8 Å². The van der Waals surface area contributed by atoms with Crippen LogP contribution in [0.2, 0.25) is 0 Å². The van der Waals surface area contributed by atoms with Crippen molar-refractivity contribution in [1.29, 1.82) is 0 Å². The van der Waals surface area contributed by atoms with Crippen LogP contribution in [0.4, 0.5) is 0 Å². The van der Waals surface area contributed by atoms with E-state index < -0.39 is 0 Å². The van der Waals surface area contributed by atoms with Gasteiger partial charge in [0.2, 0.25) is 0 Å².